The van der Waals surface area contributed by atoms with E-state index in [1.807, 2.05) is 20.2 Å². The topological polar surface area (TPSA) is 52.7 Å². The molecule has 5 heteroatoms. The summed E-state index contributed by atoms with van der Waals surface area (Å²) in [6, 6.07) is 5.20. The van der Waals surface area contributed by atoms with Gasteiger partial charge in [-0.3, -0.25) is 0 Å². The van der Waals surface area contributed by atoms with E-state index in [4.69, 9.17) is 5.73 Å². The number of β-amino-alcohol motifs (C(OH)–C–C–N with tert-alkyl or cyclic N) is 1. The fraction of sp³-hybridized carbons (Fsp3) is 0.571. The number of hydrogen-bond acceptors (Lipinski definition) is 4. The van der Waals surface area contributed by atoms with E-state index in [1.165, 1.54) is 6.07 Å². The van der Waals surface area contributed by atoms with Crippen molar-refractivity contribution in [3.8, 4) is 0 Å². The summed E-state index contributed by atoms with van der Waals surface area (Å²) in [5, 5.41) is 9.89. The molecule has 0 amide bonds. The molecule has 1 heterocycles. The van der Waals surface area contributed by atoms with Gasteiger partial charge in [-0.25, -0.2) is 4.39 Å². The highest BCUT2D eigenvalue weighted by Crippen LogP contribution is 2.30. The predicted molar refractivity (Wildman–Crippen MR) is 74.6 cm³/mol. The number of hydrogen-bond donors (Lipinski definition) is 2. The molecule has 3 N–H and O–H groups in total. The second-order valence-electron chi connectivity index (χ2n) is 5.40. The SMILES string of the molecule is CN(C)CC1CC(O)CN1c1cccc(F)c1CN. The lowest BCUT2D eigenvalue weighted by atomic mass is 10.1. The molecule has 2 rings (SSSR count). The van der Waals surface area contributed by atoms with Crippen molar-refractivity contribution in [3.05, 3.63) is 29.6 Å². The number of anilines is 1. The summed E-state index contributed by atoms with van der Waals surface area (Å²) in [4.78, 5) is 4.16. The standard InChI is InChI=1S/C14H22FN3O/c1-17(2)8-10-6-11(19)9-18(10)14-5-3-4-13(15)12(14)7-16/h3-5,10-11,19H,6-9,16H2,1-2H3. The molecule has 1 aliphatic rings. The van der Waals surface area contributed by atoms with Gasteiger partial charge in [-0.2, -0.15) is 0 Å². The van der Waals surface area contributed by atoms with Gasteiger partial charge in [-0.15, -0.1) is 0 Å². The maximum absolute atomic E-state index is 13.8. The first-order valence-electron chi connectivity index (χ1n) is 6.59. The molecular formula is C14H22FN3O. The van der Waals surface area contributed by atoms with E-state index in [0.717, 1.165) is 12.2 Å². The summed E-state index contributed by atoms with van der Waals surface area (Å²) in [7, 11) is 4.00. The minimum Gasteiger partial charge on any atom is -0.391 e. The number of benzene rings is 1. The van der Waals surface area contributed by atoms with Gasteiger partial charge in [0, 0.05) is 36.9 Å². The molecule has 0 aliphatic carbocycles. The van der Waals surface area contributed by atoms with Crippen LogP contribution in [0.25, 0.3) is 0 Å². The molecule has 0 spiro atoms. The Kier molecular flexibility index (Phi) is 4.39. The third-order valence-corrected chi connectivity index (χ3v) is 3.58. The van der Waals surface area contributed by atoms with Crippen LogP contribution in [0.2, 0.25) is 0 Å². The first-order valence-corrected chi connectivity index (χ1v) is 6.59. The fourth-order valence-electron chi connectivity index (χ4n) is 2.80. The molecule has 1 aromatic rings. The van der Waals surface area contributed by atoms with E-state index in [0.29, 0.717) is 18.5 Å². The Morgan fingerprint density at radius 3 is 2.84 bits per heavy atom. The van der Waals surface area contributed by atoms with E-state index in [2.05, 4.69) is 9.80 Å². The van der Waals surface area contributed by atoms with Crippen molar-refractivity contribution in [2.24, 2.45) is 5.73 Å². The van der Waals surface area contributed by atoms with Gasteiger partial charge in [0.25, 0.3) is 0 Å². The Bertz CT molecular complexity index is 439. The fourth-order valence-corrected chi connectivity index (χ4v) is 2.80. The lowest BCUT2D eigenvalue weighted by molar-refractivity contribution is 0.191. The third-order valence-electron chi connectivity index (χ3n) is 3.58. The van der Waals surface area contributed by atoms with Crippen molar-refractivity contribution in [1.29, 1.82) is 0 Å². The largest absolute Gasteiger partial charge is 0.391 e. The molecule has 19 heavy (non-hydrogen) atoms. The van der Waals surface area contributed by atoms with Gasteiger partial charge >= 0.3 is 0 Å². The van der Waals surface area contributed by atoms with Gasteiger partial charge in [-0.1, -0.05) is 6.07 Å². The van der Waals surface area contributed by atoms with Crippen molar-refractivity contribution in [3.63, 3.8) is 0 Å². The monoisotopic (exact) mass is 267 g/mol. The molecule has 1 aromatic carbocycles. The highest BCUT2D eigenvalue weighted by molar-refractivity contribution is 5.56. The van der Waals surface area contributed by atoms with Crippen LogP contribution in [0, 0.1) is 5.82 Å². The van der Waals surface area contributed by atoms with Gasteiger partial charge in [0.05, 0.1) is 6.10 Å². The molecule has 1 aliphatic heterocycles. The molecular weight excluding hydrogens is 245 g/mol. The van der Waals surface area contributed by atoms with Crippen LogP contribution in [0.5, 0.6) is 0 Å². The first-order chi connectivity index (χ1) is 9.02. The average Bonchev–Trinajstić information content (AvgIpc) is 2.68. The maximum atomic E-state index is 13.8. The molecule has 2 atom stereocenters. The van der Waals surface area contributed by atoms with Gasteiger partial charge < -0.3 is 20.6 Å². The summed E-state index contributed by atoms with van der Waals surface area (Å²) < 4.78 is 13.8. The molecule has 0 radical (unpaired) electrons. The van der Waals surface area contributed by atoms with Crippen LogP contribution in [-0.4, -0.2) is 49.3 Å². The van der Waals surface area contributed by atoms with Crippen molar-refractivity contribution in [2.45, 2.75) is 25.1 Å². The van der Waals surface area contributed by atoms with Gasteiger partial charge in [0.2, 0.25) is 0 Å². The lowest BCUT2D eigenvalue weighted by Gasteiger charge is -2.30. The van der Waals surface area contributed by atoms with Crippen LogP contribution < -0.4 is 10.6 Å². The van der Waals surface area contributed by atoms with Gasteiger partial charge in [-0.05, 0) is 32.6 Å². The highest BCUT2D eigenvalue weighted by atomic mass is 19.1. The van der Waals surface area contributed by atoms with Crippen LogP contribution in [0.1, 0.15) is 12.0 Å². The van der Waals surface area contributed by atoms with Crippen LogP contribution in [-0.2, 0) is 6.54 Å². The zero-order valence-corrected chi connectivity index (χ0v) is 11.5. The van der Waals surface area contributed by atoms with E-state index < -0.39 is 0 Å². The normalized spacial score (nSPS) is 23.4. The number of nitrogens with two attached hydrogens (primary N) is 1. The van der Waals surface area contributed by atoms with E-state index >= 15 is 0 Å². The Labute approximate surface area is 113 Å². The van der Waals surface area contributed by atoms with E-state index in [1.54, 1.807) is 6.07 Å². The van der Waals surface area contributed by atoms with Gasteiger partial charge in [0.15, 0.2) is 0 Å². The number of likely N-dealkylation sites (N-methyl/N-ethyl adjacent to an activating group) is 1. The van der Waals surface area contributed by atoms with Crippen molar-refractivity contribution >= 4 is 5.69 Å². The van der Waals surface area contributed by atoms with Crippen molar-refractivity contribution in [1.82, 2.24) is 4.90 Å². The molecule has 1 saturated heterocycles. The third kappa shape index (κ3) is 3.05. The molecule has 4 nitrogen and oxygen atoms in total. The summed E-state index contributed by atoms with van der Waals surface area (Å²) in [6.07, 6.45) is 0.345. The number of nitrogens with zero attached hydrogens (tertiary/aromatic N) is 2. The summed E-state index contributed by atoms with van der Waals surface area (Å²) in [6.45, 7) is 1.54. The Morgan fingerprint density at radius 2 is 2.21 bits per heavy atom. The molecule has 106 valence electrons. The number of aliphatic hydroxyl groups excluding tert-OH is 1. The summed E-state index contributed by atoms with van der Waals surface area (Å²) in [5.74, 6) is -0.273. The second kappa shape index (κ2) is 5.86. The van der Waals surface area contributed by atoms with Crippen molar-refractivity contribution in [2.75, 3.05) is 32.1 Å². The minimum absolute atomic E-state index is 0.170. The van der Waals surface area contributed by atoms with E-state index in [9.17, 15) is 9.50 Å². The highest BCUT2D eigenvalue weighted by Gasteiger charge is 2.32. The molecule has 0 aromatic heterocycles. The number of aliphatic hydroxyl groups is 1. The molecule has 0 saturated carbocycles. The average molecular weight is 267 g/mol. The number of halogens is 1. The Morgan fingerprint density at radius 1 is 1.47 bits per heavy atom. The minimum atomic E-state index is -0.362. The molecule has 0 bridgehead atoms. The summed E-state index contributed by atoms with van der Waals surface area (Å²) in [5.41, 5.74) is 7.00. The quantitative estimate of drug-likeness (QED) is 0.847. The Balaban J connectivity index is 2.31. The van der Waals surface area contributed by atoms with Crippen LogP contribution in [0.3, 0.4) is 0 Å². The summed E-state index contributed by atoms with van der Waals surface area (Å²) >= 11 is 0. The van der Waals surface area contributed by atoms with Crippen LogP contribution >= 0.6 is 0 Å². The smallest absolute Gasteiger partial charge is 0.129 e. The van der Waals surface area contributed by atoms with Crippen LogP contribution in [0.4, 0.5) is 10.1 Å². The zero-order chi connectivity index (χ0) is 14.0. The second-order valence-corrected chi connectivity index (χ2v) is 5.40. The lowest BCUT2D eigenvalue weighted by Crippen LogP contribution is -2.38. The maximum Gasteiger partial charge on any atom is 0.129 e. The molecule has 2 unspecified atom stereocenters. The predicted octanol–water partition coefficient (Wildman–Crippen LogP) is 0.786. The first kappa shape index (κ1) is 14.2. The van der Waals surface area contributed by atoms with E-state index in [-0.39, 0.29) is 24.5 Å². The van der Waals surface area contributed by atoms with Gasteiger partial charge in [0.1, 0.15) is 5.82 Å². The zero-order valence-electron chi connectivity index (χ0n) is 11.5. The number of rotatable bonds is 4. The Hall–Kier alpha value is -1.17. The molecule has 1 fully saturated rings. The van der Waals surface area contributed by atoms with Crippen LogP contribution in [0.15, 0.2) is 18.2 Å². The van der Waals surface area contributed by atoms with Crippen molar-refractivity contribution < 1.29 is 9.50 Å².